The van der Waals surface area contributed by atoms with Crippen LogP contribution in [0.1, 0.15) is 4.88 Å². The molecule has 0 amide bonds. The van der Waals surface area contributed by atoms with Gasteiger partial charge in [0, 0.05) is 31.6 Å². The number of thiophene rings is 1. The van der Waals surface area contributed by atoms with E-state index in [1.54, 1.807) is 18.4 Å². The molecule has 0 atom stereocenters. The number of ether oxygens (including phenoxy) is 1. The highest BCUT2D eigenvalue weighted by atomic mass is 35.5. The minimum absolute atomic E-state index is 0. The van der Waals surface area contributed by atoms with Crippen LogP contribution in [-0.2, 0) is 21.2 Å². The van der Waals surface area contributed by atoms with Crippen molar-refractivity contribution >= 4 is 33.8 Å². The molecule has 0 bridgehead atoms. The molecule has 19 heavy (non-hydrogen) atoms. The van der Waals surface area contributed by atoms with Gasteiger partial charge in [-0.3, -0.25) is 0 Å². The van der Waals surface area contributed by atoms with E-state index in [1.807, 2.05) is 17.5 Å². The van der Waals surface area contributed by atoms with Gasteiger partial charge in [0.1, 0.15) is 0 Å². The van der Waals surface area contributed by atoms with Crippen LogP contribution < -0.4 is 10.0 Å². The normalized spacial score (nSPS) is 11.2. The third-order valence-electron chi connectivity index (χ3n) is 2.30. The molecular formula is C11H21ClN2O3S2. The van der Waals surface area contributed by atoms with E-state index in [-0.39, 0.29) is 18.2 Å². The molecule has 8 heteroatoms. The van der Waals surface area contributed by atoms with E-state index >= 15 is 0 Å². The van der Waals surface area contributed by atoms with E-state index in [1.165, 1.54) is 0 Å². The van der Waals surface area contributed by atoms with Crippen LogP contribution in [0.2, 0.25) is 0 Å². The van der Waals surface area contributed by atoms with Crippen molar-refractivity contribution in [3.8, 4) is 0 Å². The van der Waals surface area contributed by atoms with Gasteiger partial charge < -0.3 is 10.1 Å². The van der Waals surface area contributed by atoms with Gasteiger partial charge in [0.25, 0.3) is 0 Å². The zero-order valence-corrected chi connectivity index (χ0v) is 13.4. The first kappa shape index (κ1) is 18.8. The molecule has 1 heterocycles. The van der Waals surface area contributed by atoms with Gasteiger partial charge in [0.2, 0.25) is 10.0 Å². The topological polar surface area (TPSA) is 67.4 Å². The zero-order valence-electron chi connectivity index (χ0n) is 10.9. The van der Waals surface area contributed by atoms with Crippen molar-refractivity contribution in [3.05, 3.63) is 22.4 Å². The SMILES string of the molecule is COCCNCCNS(=O)(=O)CCc1cccs1.Cl. The van der Waals surface area contributed by atoms with Gasteiger partial charge in [-0.1, -0.05) is 6.07 Å². The largest absolute Gasteiger partial charge is 0.383 e. The van der Waals surface area contributed by atoms with Crippen molar-refractivity contribution in [2.75, 3.05) is 39.1 Å². The zero-order chi connectivity index (χ0) is 13.3. The number of hydrogen-bond acceptors (Lipinski definition) is 5. The van der Waals surface area contributed by atoms with E-state index in [0.717, 1.165) is 11.4 Å². The van der Waals surface area contributed by atoms with Gasteiger partial charge in [-0.2, -0.15) is 0 Å². The van der Waals surface area contributed by atoms with Gasteiger partial charge >= 0.3 is 0 Å². The third-order valence-corrected chi connectivity index (χ3v) is 4.63. The maximum Gasteiger partial charge on any atom is 0.211 e. The average molecular weight is 329 g/mol. The fraction of sp³-hybridized carbons (Fsp3) is 0.636. The third kappa shape index (κ3) is 9.37. The first-order chi connectivity index (χ1) is 8.64. The van der Waals surface area contributed by atoms with Crippen LogP contribution in [0.25, 0.3) is 0 Å². The maximum atomic E-state index is 11.7. The number of aryl methyl sites for hydroxylation is 1. The van der Waals surface area contributed by atoms with Crippen molar-refractivity contribution in [1.82, 2.24) is 10.0 Å². The van der Waals surface area contributed by atoms with E-state index in [9.17, 15) is 8.42 Å². The second kappa shape index (κ2) is 10.6. The fourth-order valence-corrected chi connectivity index (χ4v) is 3.24. The molecule has 0 saturated carbocycles. The Balaban J connectivity index is 0.00000324. The Hall–Kier alpha value is -0.180. The van der Waals surface area contributed by atoms with Crippen molar-refractivity contribution < 1.29 is 13.2 Å². The molecule has 112 valence electrons. The van der Waals surface area contributed by atoms with Crippen LogP contribution in [0.15, 0.2) is 17.5 Å². The number of hydrogen-bond donors (Lipinski definition) is 2. The number of nitrogens with one attached hydrogen (secondary N) is 2. The fourth-order valence-electron chi connectivity index (χ4n) is 1.36. The summed E-state index contributed by atoms with van der Waals surface area (Å²) in [4.78, 5) is 1.10. The summed E-state index contributed by atoms with van der Waals surface area (Å²) in [6.07, 6.45) is 0.574. The number of halogens is 1. The van der Waals surface area contributed by atoms with Crippen LogP contribution in [0.5, 0.6) is 0 Å². The molecule has 1 aromatic rings. The number of rotatable bonds is 10. The summed E-state index contributed by atoms with van der Waals surface area (Å²) in [6, 6.07) is 3.88. The second-order valence-electron chi connectivity index (χ2n) is 3.79. The second-order valence-corrected chi connectivity index (χ2v) is 6.74. The smallest absolute Gasteiger partial charge is 0.211 e. The molecule has 0 radical (unpaired) electrons. The van der Waals surface area contributed by atoms with E-state index in [0.29, 0.717) is 26.1 Å². The van der Waals surface area contributed by atoms with E-state index < -0.39 is 10.0 Å². The molecule has 1 rings (SSSR count). The lowest BCUT2D eigenvalue weighted by Crippen LogP contribution is -2.34. The molecule has 0 aromatic carbocycles. The van der Waals surface area contributed by atoms with E-state index in [2.05, 4.69) is 10.0 Å². The maximum absolute atomic E-state index is 11.7. The number of sulfonamides is 1. The predicted molar refractivity (Wildman–Crippen MR) is 81.8 cm³/mol. The first-order valence-corrected chi connectivity index (χ1v) is 8.36. The highest BCUT2D eigenvalue weighted by Crippen LogP contribution is 2.09. The summed E-state index contributed by atoms with van der Waals surface area (Å²) in [5.74, 6) is 0.144. The van der Waals surface area contributed by atoms with Gasteiger partial charge in [0.05, 0.1) is 12.4 Å². The molecule has 5 nitrogen and oxygen atoms in total. The van der Waals surface area contributed by atoms with Gasteiger partial charge in [-0.05, 0) is 17.9 Å². The first-order valence-electron chi connectivity index (χ1n) is 5.83. The Morgan fingerprint density at radius 2 is 2.11 bits per heavy atom. The molecule has 1 aromatic heterocycles. The lowest BCUT2D eigenvalue weighted by Gasteiger charge is -2.07. The summed E-state index contributed by atoms with van der Waals surface area (Å²) in [6.45, 7) is 2.39. The Labute approximate surface area is 125 Å². The lowest BCUT2D eigenvalue weighted by atomic mass is 10.4. The van der Waals surface area contributed by atoms with Crippen molar-refractivity contribution in [2.24, 2.45) is 0 Å². The van der Waals surface area contributed by atoms with Gasteiger partial charge in [-0.15, -0.1) is 23.7 Å². The van der Waals surface area contributed by atoms with E-state index in [4.69, 9.17) is 4.74 Å². The van der Waals surface area contributed by atoms with Crippen LogP contribution in [0.4, 0.5) is 0 Å². The molecule has 0 saturated heterocycles. The Morgan fingerprint density at radius 1 is 1.32 bits per heavy atom. The Morgan fingerprint density at radius 3 is 2.74 bits per heavy atom. The molecule has 0 fully saturated rings. The molecule has 2 N–H and O–H groups in total. The monoisotopic (exact) mass is 328 g/mol. The number of methoxy groups -OCH3 is 1. The Bertz CT molecular complexity index is 410. The minimum atomic E-state index is -3.16. The molecule has 0 aliphatic rings. The minimum Gasteiger partial charge on any atom is -0.383 e. The molecule has 0 aliphatic heterocycles. The predicted octanol–water partition coefficient (Wildman–Crippen LogP) is 0.868. The van der Waals surface area contributed by atoms with Crippen molar-refractivity contribution in [1.29, 1.82) is 0 Å². The quantitative estimate of drug-likeness (QED) is 0.625. The summed E-state index contributed by atoms with van der Waals surface area (Å²) >= 11 is 1.58. The summed E-state index contributed by atoms with van der Waals surface area (Å²) in [5, 5.41) is 5.03. The Kier molecular flexibility index (Phi) is 10.5. The average Bonchev–Trinajstić information content (AvgIpc) is 2.84. The van der Waals surface area contributed by atoms with Crippen LogP contribution in [0.3, 0.4) is 0 Å². The summed E-state index contributed by atoms with van der Waals surface area (Å²) < 4.78 is 30.8. The molecule has 0 aliphatic carbocycles. The van der Waals surface area contributed by atoms with Crippen molar-refractivity contribution in [2.45, 2.75) is 6.42 Å². The highest BCUT2D eigenvalue weighted by molar-refractivity contribution is 7.89. The highest BCUT2D eigenvalue weighted by Gasteiger charge is 2.09. The van der Waals surface area contributed by atoms with Gasteiger partial charge in [0.15, 0.2) is 0 Å². The summed E-state index contributed by atoms with van der Waals surface area (Å²) in [5.41, 5.74) is 0. The molecular weight excluding hydrogens is 308 g/mol. The van der Waals surface area contributed by atoms with Crippen LogP contribution >= 0.6 is 23.7 Å². The van der Waals surface area contributed by atoms with Crippen molar-refractivity contribution in [3.63, 3.8) is 0 Å². The molecule has 0 spiro atoms. The standard InChI is InChI=1S/C11H20N2O3S2.ClH/c1-16-8-7-12-5-6-13-18(14,15)10-4-11-3-2-9-17-11;/h2-3,9,12-13H,4-8,10H2,1H3;1H. The van der Waals surface area contributed by atoms with Crippen LogP contribution in [-0.4, -0.2) is 47.5 Å². The van der Waals surface area contributed by atoms with Gasteiger partial charge in [-0.25, -0.2) is 13.1 Å². The lowest BCUT2D eigenvalue weighted by molar-refractivity contribution is 0.199. The van der Waals surface area contributed by atoms with Crippen LogP contribution in [0, 0.1) is 0 Å². The molecule has 0 unspecified atom stereocenters. The summed E-state index contributed by atoms with van der Waals surface area (Å²) in [7, 11) is -1.53.